The molecule has 17 heavy (non-hydrogen) atoms. The Labute approximate surface area is 93.4 Å². The molecule has 0 bridgehead atoms. The van der Waals surface area contributed by atoms with Crippen molar-refractivity contribution < 1.29 is 6.37 Å². The van der Waals surface area contributed by atoms with E-state index in [9.17, 15) is 0 Å². The van der Waals surface area contributed by atoms with E-state index in [4.69, 9.17) is 0 Å². The van der Waals surface area contributed by atoms with Crippen LogP contribution in [0, 0.1) is 11.8 Å². The Bertz CT molecular complexity index is 899. The van der Waals surface area contributed by atoms with Gasteiger partial charge in [0, 0.05) is 0 Å². The van der Waals surface area contributed by atoms with Crippen molar-refractivity contribution in [1.29, 1.82) is 0 Å². The molecule has 10 saturated heterocycles. The van der Waals surface area contributed by atoms with Crippen LogP contribution in [0.15, 0.2) is 0 Å². The van der Waals surface area contributed by atoms with Crippen molar-refractivity contribution in [2.75, 3.05) is 0 Å². The van der Waals surface area contributed by atoms with Gasteiger partial charge in [0.25, 0.3) is 0 Å². The molecule has 0 nitrogen and oxygen atoms in total. The second kappa shape index (κ2) is 0.518. The zero-order valence-corrected chi connectivity index (χ0v) is 12.1. The normalized spacial score (nSPS) is 124. The summed E-state index contributed by atoms with van der Waals surface area (Å²) >= 11 is 0. The Morgan fingerprint density at radius 3 is 1.12 bits per heavy atom. The molecule has 0 aromatic carbocycles. The number of rotatable bonds is 2. The van der Waals surface area contributed by atoms with Gasteiger partial charge in [-0.05, 0) is 0 Å². The number of hydrogen-bond acceptors (Lipinski definition) is 0. The Morgan fingerprint density at radius 2 is 1.00 bits per heavy atom. The molecule has 0 aliphatic carbocycles. The van der Waals surface area contributed by atoms with Crippen molar-refractivity contribution in [2.24, 2.45) is 11.8 Å². The topological polar surface area (TPSA) is 0 Å². The van der Waals surface area contributed by atoms with E-state index in [1.54, 1.807) is 0 Å². The van der Waals surface area contributed by atoms with E-state index in [1.165, 1.54) is 38.8 Å². The molecule has 0 N–H and O–H groups in total. The van der Waals surface area contributed by atoms with Crippen molar-refractivity contribution in [2.45, 2.75) is 75.2 Å². The summed E-state index contributed by atoms with van der Waals surface area (Å²) < 4.78 is 2.21. The number of fused-ring (bicyclic) bond motifs is 10. The van der Waals surface area contributed by atoms with Crippen LogP contribution in [-0.2, 0) is 6.37 Å². The van der Waals surface area contributed by atoms with Gasteiger partial charge in [0.15, 0.2) is 0 Å². The molecule has 10 aliphatic rings. The average molecular weight is 273 g/mol. The van der Waals surface area contributed by atoms with Crippen LogP contribution in [0.25, 0.3) is 0 Å². The fourth-order valence-corrected chi connectivity index (χ4v) is 93.9. The van der Waals surface area contributed by atoms with Gasteiger partial charge < -0.3 is 0 Å². The SMILES string of the molecule is CC(C)[C]12[CH]3[CH]4[CH]5[C]1(C(C)C)[Co]43521678[CH]2[CH]1[CH]6[CH]7[CH]28. The van der Waals surface area contributed by atoms with Gasteiger partial charge in [-0.25, -0.2) is 0 Å². The van der Waals surface area contributed by atoms with Gasteiger partial charge in [0.2, 0.25) is 0 Å². The fourth-order valence-electron chi connectivity index (χ4n) is 19.2. The molecule has 1 heteroatoms. The van der Waals surface area contributed by atoms with Gasteiger partial charge in [0.1, 0.15) is 0 Å². The molecule has 0 aromatic rings. The molecule has 4 atom stereocenters. The molecule has 10 rings (SSSR count). The summed E-state index contributed by atoms with van der Waals surface area (Å²) in [5.41, 5.74) is 0. The quantitative estimate of drug-likeness (QED) is 0.629. The summed E-state index contributed by atoms with van der Waals surface area (Å²) in [6, 6.07) is 0. The fraction of sp³-hybridized carbons (Fsp3) is 1.00. The maximum absolute atomic E-state index is 2.80. The Morgan fingerprint density at radius 1 is 0.647 bits per heavy atom. The van der Waals surface area contributed by atoms with Gasteiger partial charge in [-0.3, -0.25) is 0 Å². The van der Waals surface area contributed by atoms with E-state index >= 15 is 0 Å². The van der Waals surface area contributed by atoms with Crippen molar-refractivity contribution in [3.63, 3.8) is 0 Å². The minimum absolute atomic E-state index is 1.09. The predicted octanol–water partition coefficient (Wildman–Crippen LogP) is 5.43. The van der Waals surface area contributed by atoms with Crippen molar-refractivity contribution in [1.82, 2.24) is 0 Å². The van der Waals surface area contributed by atoms with E-state index in [-0.39, 0.29) is 0 Å². The third kappa shape index (κ3) is 0.0606. The van der Waals surface area contributed by atoms with E-state index in [0.29, 0.717) is 0 Å². The van der Waals surface area contributed by atoms with E-state index < -0.39 is 6.37 Å². The van der Waals surface area contributed by atoms with E-state index in [1.807, 2.05) is 0 Å². The third-order valence-electron chi connectivity index (χ3n) is 16.0. The summed E-state index contributed by atoms with van der Waals surface area (Å²) in [5, 5.41) is 0. The van der Waals surface area contributed by atoms with Crippen LogP contribution in [0.1, 0.15) is 27.7 Å². The minimum atomic E-state index is -2.80. The first-order valence-corrected chi connectivity index (χ1v) is 13.8. The second-order valence-electron chi connectivity index (χ2n) is 11.7. The Balaban J connectivity index is 1.75. The Hall–Kier alpha value is 0.506. The van der Waals surface area contributed by atoms with Gasteiger partial charge in [-0.2, -0.15) is 0 Å². The van der Waals surface area contributed by atoms with Crippen molar-refractivity contribution >= 4 is 0 Å². The molecule has 0 amide bonds. The van der Waals surface area contributed by atoms with Crippen molar-refractivity contribution in [3.8, 4) is 0 Å². The van der Waals surface area contributed by atoms with Crippen LogP contribution in [0.5, 0.6) is 0 Å². The monoisotopic (exact) mass is 273 g/mol. The van der Waals surface area contributed by atoms with Gasteiger partial charge >= 0.3 is 93.4 Å². The van der Waals surface area contributed by atoms with Crippen LogP contribution in [0.2, 0.25) is 47.5 Å². The molecule has 4 unspecified atom stereocenters. The van der Waals surface area contributed by atoms with Crippen LogP contribution in [0.3, 0.4) is 0 Å². The molecule has 1 spiro atoms. The first kappa shape index (κ1) is 6.79. The number of hydrogen-bond donors (Lipinski definition) is 0. The van der Waals surface area contributed by atoms with Crippen LogP contribution in [-0.4, -0.2) is 0 Å². The van der Waals surface area contributed by atoms with E-state index in [0.717, 1.165) is 20.5 Å². The zero-order valence-electron chi connectivity index (χ0n) is 11.1. The summed E-state index contributed by atoms with van der Waals surface area (Å²) in [6.45, 7) is 10.6. The van der Waals surface area contributed by atoms with Crippen LogP contribution in [0.4, 0.5) is 0 Å². The second-order valence-corrected chi connectivity index (χ2v) is 33.7. The third-order valence-corrected chi connectivity index (χ3v) is 57.4. The van der Waals surface area contributed by atoms with Gasteiger partial charge in [0.05, 0.1) is 0 Å². The van der Waals surface area contributed by atoms with Gasteiger partial charge in [-0.1, -0.05) is 0 Å². The summed E-state index contributed by atoms with van der Waals surface area (Å²) in [4.78, 5) is 11.9. The standard InChI is InChI=1S/C11H17.C5H5.Co/c1-8(2)10-6-5-7-11(10)9(3)4;1-2-4-5-3-1;/h5-9H,1-4H3;1-5H;. The average Bonchev–Trinajstić information content (AvgIpc) is 3.22. The first-order chi connectivity index (χ1) is 7.82. The zero-order chi connectivity index (χ0) is 11.1. The van der Waals surface area contributed by atoms with E-state index in [2.05, 4.69) is 27.7 Å². The molecule has 10 aliphatic heterocycles. The molecule has 0 aromatic heterocycles. The maximum atomic E-state index is 2.66. The molecular formula is C16H22Co. The van der Waals surface area contributed by atoms with Crippen LogP contribution < -0.4 is 0 Å². The molecule has 0 radical (unpaired) electrons. The van der Waals surface area contributed by atoms with Crippen LogP contribution >= 0.6 is 0 Å². The van der Waals surface area contributed by atoms with Crippen molar-refractivity contribution in [3.05, 3.63) is 0 Å². The molecule has 0 saturated carbocycles. The Kier molecular flexibility index (Phi) is 0.207. The summed E-state index contributed by atoms with van der Waals surface area (Å²) in [7, 11) is 0. The molecule has 10 fully saturated rings. The first-order valence-electron chi connectivity index (χ1n) is 7.92. The summed E-state index contributed by atoms with van der Waals surface area (Å²) in [6.07, 6.45) is -2.80. The molecule has 10 heterocycles. The molecular weight excluding hydrogens is 251 g/mol. The van der Waals surface area contributed by atoms with Gasteiger partial charge in [-0.15, -0.1) is 0 Å². The predicted molar refractivity (Wildman–Crippen MR) is 65.1 cm³/mol. The molecule has 95 valence electrons. The summed E-state index contributed by atoms with van der Waals surface area (Å²) in [5.74, 6) is 2.18.